The minimum atomic E-state index is -3.42. The number of fused-ring (bicyclic) bond motifs is 2. The van der Waals surface area contributed by atoms with E-state index >= 15 is 0 Å². The number of ether oxygens (including phenoxy) is 6. The van der Waals surface area contributed by atoms with Gasteiger partial charge in [0.1, 0.15) is 23.4 Å². The van der Waals surface area contributed by atoms with Crippen molar-refractivity contribution in [2.75, 3.05) is 13.6 Å². The molecule has 0 spiro atoms. The Hall–Kier alpha value is -2.90. The molecule has 0 aromatic heterocycles. The second-order valence-electron chi connectivity index (χ2n) is 27.1. The van der Waals surface area contributed by atoms with Gasteiger partial charge in [-0.2, -0.15) is 16.8 Å². The lowest BCUT2D eigenvalue weighted by molar-refractivity contribution is -0.211. The van der Waals surface area contributed by atoms with E-state index in [0.29, 0.717) is 54.1 Å². The third kappa shape index (κ3) is 10.9. The van der Waals surface area contributed by atoms with Gasteiger partial charge in [-0.1, -0.05) is 27.0 Å². The van der Waals surface area contributed by atoms with E-state index in [4.69, 9.17) is 36.8 Å². The number of hydrogen-bond acceptors (Lipinski definition) is 16. The number of carbonyl (C=O) groups is 4. The van der Waals surface area contributed by atoms with Crippen LogP contribution in [0.15, 0.2) is 24.3 Å². The topological polar surface area (TPSA) is 210 Å². The zero-order valence-electron chi connectivity index (χ0n) is 46.9. The Balaban J connectivity index is 0.000000124. The summed E-state index contributed by atoms with van der Waals surface area (Å²) in [7, 11) is -6.84. The van der Waals surface area contributed by atoms with Crippen molar-refractivity contribution in [2.45, 2.75) is 218 Å². The molecule has 10 unspecified atom stereocenters. The SMILES string of the molecule is C=C(C)C(=O)OC1(C)C2CC3CC(C2)CC1C3.C=C(C)C(=O)OCOC1C2CC3C1OS(=O)(=O)C3C2.CCC(C)(C)C(=O)OC1(C)C2CC3CC(C2)CC1C3.CCC(C)(C)C(=O)OCOC1C2CC3C1OS(=O)(=O)C3C2. The Morgan fingerprint density at radius 3 is 1.24 bits per heavy atom. The summed E-state index contributed by atoms with van der Waals surface area (Å²) in [6, 6.07) is 0. The van der Waals surface area contributed by atoms with Crippen LogP contribution < -0.4 is 0 Å². The average Bonchev–Trinajstić information content (AvgIpc) is 4.18. The molecule has 10 atom stereocenters. The first kappa shape index (κ1) is 57.8. The van der Waals surface area contributed by atoms with Crippen molar-refractivity contribution in [2.24, 2.45) is 81.8 Å². The van der Waals surface area contributed by atoms with Crippen LogP contribution in [-0.2, 0) is 76.2 Å². The first-order valence-corrected chi connectivity index (χ1v) is 31.6. The molecule has 14 fully saturated rings. The molecule has 0 radical (unpaired) electrons. The van der Waals surface area contributed by atoms with Crippen LogP contribution in [0.1, 0.15) is 172 Å². The van der Waals surface area contributed by atoms with Gasteiger partial charge in [0.2, 0.25) is 0 Å². The van der Waals surface area contributed by atoms with Crippen molar-refractivity contribution in [3.05, 3.63) is 24.3 Å². The highest BCUT2D eigenvalue weighted by Gasteiger charge is 2.66. The van der Waals surface area contributed by atoms with E-state index in [1.807, 2.05) is 34.6 Å². The monoisotopic (exact) mass is 1100 g/mol. The highest BCUT2D eigenvalue weighted by atomic mass is 32.2. The zero-order valence-corrected chi connectivity index (χ0v) is 48.5. The fraction of sp³-hybridized carbons (Fsp3) is 0.862. The minimum Gasteiger partial charge on any atom is -0.458 e. The van der Waals surface area contributed by atoms with Crippen LogP contribution in [-0.4, -0.2) is 100 Å². The summed E-state index contributed by atoms with van der Waals surface area (Å²) in [5, 5.41) is -0.714. The molecule has 12 saturated carbocycles. The molecule has 2 saturated heterocycles. The van der Waals surface area contributed by atoms with Gasteiger partial charge in [0.15, 0.2) is 13.6 Å². The van der Waals surface area contributed by atoms with Crippen molar-refractivity contribution in [1.82, 2.24) is 0 Å². The van der Waals surface area contributed by atoms with E-state index in [0.717, 1.165) is 42.9 Å². The molecule has 2 heterocycles. The van der Waals surface area contributed by atoms with Gasteiger partial charge in [-0.3, -0.25) is 18.0 Å². The van der Waals surface area contributed by atoms with E-state index in [9.17, 15) is 36.0 Å². The molecule has 2 aliphatic heterocycles. The van der Waals surface area contributed by atoms with Gasteiger partial charge in [-0.15, -0.1) is 0 Å². The highest BCUT2D eigenvalue weighted by Crippen LogP contribution is 2.62. The van der Waals surface area contributed by atoms with E-state index in [1.54, 1.807) is 13.8 Å². The van der Waals surface area contributed by atoms with Crippen LogP contribution in [0.5, 0.6) is 0 Å². The lowest BCUT2D eigenvalue weighted by Crippen LogP contribution is -2.58. The first-order valence-electron chi connectivity index (χ1n) is 28.7. The molecule has 14 aliphatic rings. The summed E-state index contributed by atoms with van der Waals surface area (Å²) >= 11 is 0. The van der Waals surface area contributed by atoms with Gasteiger partial charge in [-0.05, 0) is 217 Å². The summed E-state index contributed by atoms with van der Waals surface area (Å²) in [4.78, 5) is 47.4. The van der Waals surface area contributed by atoms with Gasteiger partial charge < -0.3 is 28.4 Å². The Morgan fingerprint density at radius 2 is 0.868 bits per heavy atom. The minimum absolute atomic E-state index is 0.0185. The predicted molar refractivity (Wildman–Crippen MR) is 280 cm³/mol. The maximum Gasteiger partial charge on any atom is 0.335 e. The van der Waals surface area contributed by atoms with Gasteiger partial charge in [0, 0.05) is 23.0 Å². The predicted octanol–water partition coefficient (Wildman–Crippen LogP) is 9.53. The van der Waals surface area contributed by atoms with E-state index in [-0.39, 0.29) is 94.5 Å². The number of esters is 4. The smallest absolute Gasteiger partial charge is 0.335 e. The zero-order chi connectivity index (χ0) is 55.2. The van der Waals surface area contributed by atoms with Crippen molar-refractivity contribution in [3.8, 4) is 0 Å². The molecule has 0 aromatic rings. The van der Waals surface area contributed by atoms with Crippen LogP contribution in [0.4, 0.5) is 0 Å². The molecule has 12 bridgehead atoms. The van der Waals surface area contributed by atoms with Gasteiger partial charge >= 0.3 is 23.9 Å². The molecule has 0 amide bonds. The van der Waals surface area contributed by atoms with E-state index < -0.39 is 43.8 Å². The van der Waals surface area contributed by atoms with Crippen LogP contribution in [0.25, 0.3) is 0 Å². The first-order chi connectivity index (χ1) is 35.5. The number of hydrogen-bond donors (Lipinski definition) is 0. The average molecular weight is 1110 g/mol. The second-order valence-corrected chi connectivity index (χ2v) is 30.7. The summed E-state index contributed by atoms with van der Waals surface area (Å²) < 4.78 is 90.5. The van der Waals surface area contributed by atoms with E-state index in [1.165, 1.54) is 64.2 Å². The van der Waals surface area contributed by atoms with Crippen molar-refractivity contribution in [1.29, 1.82) is 0 Å². The maximum atomic E-state index is 12.5. The fourth-order valence-corrected chi connectivity index (χ4v) is 20.1. The number of rotatable bonds is 14. The van der Waals surface area contributed by atoms with E-state index in [2.05, 4.69) is 33.9 Å². The Morgan fingerprint density at radius 1 is 0.513 bits per heavy atom. The van der Waals surface area contributed by atoms with Crippen molar-refractivity contribution in [3.63, 3.8) is 0 Å². The lowest BCUT2D eigenvalue weighted by atomic mass is 9.50. The molecule has 16 nitrogen and oxygen atoms in total. The molecule has 12 aliphatic carbocycles. The van der Waals surface area contributed by atoms with Crippen LogP contribution in [0.2, 0.25) is 0 Å². The molecule has 14 rings (SSSR count). The van der Waals surface area contributed by atoms with Crippen molar-refractivity contribution < 1.29 is 72.8 Å². The molecule has 0 aromatic carbocycles. The second kappa shape index (κ2) is 21.2. The summed E-state index contributed by atoms with van der Waals surface area (Å²) in [6.45, 7) is 26.2. The van der Waals surface area contributed by atoms with Crippen LogP contribution in [0.3, 0.4) is 0 Å². The third-order valence-electron chi connectivity index (χ3n) is 21.4. The third-order valence-corrected chi connectivity index (χ3v) is 25.0. The quantitative estimate of drug-likeness (QED) is 0.0521. The molecule has 0 N–H and O–H groups in total. The summed E-state index contributed by atoms with van der Waals surface area (Å²) in [5.74, 6) is 5.59. The van der Waals surface area contributed by atoms with Crippen molar-refractivity contribution >= 4 is 44.1 Å². The Labute approximate surface area is 452 Å². The summed E-state index contributed by atoms with van der Waals surface area (Å²) in [6.07, 6.45) is 16.1. The molecule has 428 valence electrons. The van der Waals surface area contributed by atoms with Crippen LogP contribution in [0, 0.1) is 81.8 Å². The molecular weight excluding hydrogens is 1020 g/mol. The normalized spacial score (nSPS) is 42.9. The molecule has 76 heavy (non-hydrogen) atoms. The maximum absolute atomic E-state index is 12.5. The van der Waals surface area contributed by atoms with Gasteiger partial charge in [0.25, 0.3) is 20.2 Å². The Bertz CT molecular complexity index is 2440. The standard InChI is InChI=1S/C17H28O2.C15H22O2.C14H22O6S.C12H16O6S/c1-5-16(2,3)15(18)19-17(4)13-7-11-6-12(9-13)10-14(17)8-11;1-9(2)14(16)17-15(3)12-5-10-4-11(7-12)8-13(15)6-10;1-4-14(2,3)13(15)19-7-18-11-8-5-9-10(6-8)21(16,17)20-12(9)11;1-6(2)12(13)17-5-16-10-7-3-8-9(4-7)19(14,15)18-11(8)10/h11-14H,5-10H2,1-4H3;10-13H,1,4-8H2,2-3H3;8-12H,4-7H2,1-3H3;7-11H,1,3-5H2,2H3. The van der Waals surface area contributed by atoms with Gasteiger partial charge in [0.05, 0.1) is 33.5 Å². The molecule has 18 heteroatoms. The fourth-order valence-electron chi connectivity index (χ4n) is 16.4. The summed E-state index contributed by atoms with van der Waals surface area (Å²) in [5.41, 5.74) is -0.412. The lowest BCUT2D eigenvalue weighted by Gasteiger charge is -2.59. The van der Waals surface area contributed by atoms with Gasteiger partial charge in [-0.25, -0.2) is 9.59 Å². The Kier molecular flexibility index (Phi) is 16.1. The number of carbonyl (C=O) groups excluding carboxylic acids is 4. The highest BCUT2D eigenvalue weighted by molar-refractivity contribution is 7.88. The molecular formula is C58H88O16S2. The largest absolute Gasteiger partial charge is 0.458 e. The van der Waals surface area contributed by atoms with Crippen LogP contribution >= 0.6 is 0 Å².